The van der Waals surface area contributed by atoms with E-state index in [-0.39, 0.29) is 17.9 Å². The van der Waals surface area contributed by atoms with Crippen LogP contribution >= 0.6 is 0 Å². The molecule has 0 spiro atoms. The van der Waals surface area contributed by atoms with Gasteiger partial charge in [0.2, 0.25) is 5.91 Å². The molecular formula is C18H25NO4. The van der Waals surface area contributed by atoms with Crippen molar-refractivity contribution in [2.45, 2.75) is 45.1 Å². The third-order valence-electron chi connectivity index (χ3n) is 4.79. The molecule has 0 radical (unpaired) electrons. The van der Waals surface area contributed by atoms with E-state index < -0.39 is 11.9 Å². The van der Waals surface area contributed by atoms with Gasteiger partial charge in [0.25, 0.3) is 0 Å². The number of rotatable bonds is 5. The number of hydrogen-bond acceptors (Lipinski definition) is 3. The van der Waals surface area contributed by atoms with Crippen molar-refractivity contribution < 1.29 is 19.4 Å². The van der Waals surface area contributed by atoms with Crippen LogP contribution in [0.15, 0.2) is 24.3 Å². The normalized spacial score (nSPS) is 22.5. The molecule has 23 heavy (non-hydrogen) atoms. The molecule has 1 saturated heterocycles. The molecule has 5 heteroatoms. The summed E-state index contributed by atoms with van der Waals surface area (Å²) in [5, 5.41) is 9.27. The highest BCUT2D eigenvalue weighted by molar-refractivity contribution is 5.79. The smallest absolute Gasteiger partial charge is 0.308 e. The topological polar surface area (TPSA) is 66.8 Å². The highest BCUT2D eigenvalue weighted by Gasteiger charge is 2.35. The van der Waals surface area contributed by atoms with Crippen molar-refractivity contribution in [2.75, 3.05) is 13.7 Å². The molecule has 1 amide bonds. The van der Waals surface area contributed by atoms with Gasteiger partial charge in [0.15, 0.2) is 0 Å². The van der Waals surface area contributed by atoms with Crippen LogP contribution in [0.2, 0.25) is 0 Å². The Morgan fingerprint density at radius 2 is 2.00 bits per heavy atom. The van der Waals surface area contributed by atoms with Crippen LogP contribution in [0.5, 0.6) is 5.75 Å². The number of benzene rings is 1. The molecule has 0 aliphatic carbocycles. The minimum absolute atomic E-state index is 0.0340. The molecule has 0 bridgehead atoms. The average Bonchev–Trinajstić information content (AvgIpc) is 2.54. The van der Waals surface area contributed by atoms with E-state index in [4.69, 9.17) is 4.74 Å². The van der Waals surface area contributed by atoms with Crippen molar-refractivity contribution in [3.8, 4) is 5.75 Å². The van der Waals surface area contributed by atoms with E-state index in [1.807, 2.05) is 38.1 Å². The first-order chi connectivity index (χ1) is 10.9. The minimum Gasteiger partial charge on any atom is -0.497 e. The first-order valence-corrected chi connectivity index (χ1v) is 8.10. The third kappa shape index (κ3) is 4.03. The van der Waals surface area contributed by atoms with E-state index in [9.17, 15) is 14.7 Å². The number of nitrogens with zero attached hydrogens (tertiary/aromatic N) is 1. The van der Waals surface area contributed by atoms with Crippen LogP contribution in [-0.4, -0.2) is 41.6 Å². The summed E-state index contributed by atoms with van der Waals surface area (Å²) in [6.45, 7) is 4.51. The highest BCUT2D eigenvalue weighted by atomic mass is 16.5. The van der Waals surface area contributed by atoms with Gasteiger partial charge >= 0.3 is 5.97 Å². The molecule has 1 aromatic carbocycles. The largest absolute Gasteiger partial charge is 0.497 e. The molecule has 1 heterocycles. The number of carboxylic acids is 1. The van der Waals surface area contributed by atoms with Crippen molar-refractivity contribution >= 4 is 11.9 Å². The van der Waals surface area contributed by atoms with E-state index in [1.165, 1.54) is 0 Å². The number of ether oxygens (including phenoxy) is 1. The molecule has 1 aliphatic rings. The molecule has 3 atom stereocenters. The van der Waals surface area contributed by atoms with Crippen LogP contribution in [0.3, 0.4) is 0 Å². The summed E-state index contributed by atoms with van der Waals surface area (Å²) in [5.74, 6) is -0.346. The molecule has 1 aromatic rings. The minimum atomic E-state index is -0.807. The SMILES string of the molecule is COc1ccc(C(C)CC(=O)N2CCC[C@H](C(=O)O)[C@@H]2C)cc1. The van der Waals surface area contributed by atoms with Crippen LogP contribution in [0.1, 0.15) is 44.6 Å². The molecule has 1 aliphatic heterocycles. The lowest BCUT2D eigenvalue weighted by molar-refractivity contribution is -0.149. The van der Waals surface area contributed by atoms with Crippen LogP contribution in [0.25, 0.3) is 0 Å². The second-order valence-corrected chi connectivity index (χ2v) is 6.29. The van der Waals surface area contributed by atoms with Gasteiger partial charge in [-0.2, -0.15) is 0 Å². The van der Waals surface area contributed by atoms with Crippen LogP contribution in [0.4, 0.5) is 0 Å². The fraction of sp³-hybridized carbons (Fsp3) is 0.556. The Kier molecular flexibility index (Phi) is 5.64. The maximum absolute atomic E-state index is 12.6. The highest BCUT2D eigenvalue weighted by Crippen LogP contribution is 2.27. The van der Waals surface area contributed by atoms with Crippen LogP contribution < -0.4 is 4.74 Å². The van der Waals surface area contributed by atoms with Gasteiger partial charge in [0, 0.05) is 19.0 Å². The molecule has 0 saturated carbocycles. The lowest BCUT2D eigenvalue weighted by Crippen LogP contribution is -2.49. The zero-order chi connectivity index (χ0) is 17.0. The molecule has 2 rings (SSSR count). The maximum atomic E-state index is 12.6. The summed E-state index contributed by atoms with van der Waals surface area (Å²) in [5.41, 5.74) is 1.08. The van der Waals surface area contributed by atoms with E-state index >= 15 is 0 Å². The Morgan fingerprint density at radius 1 is 1.35 bits per heavy atom. The van der Waals surface area contributed by atoms with Crippen molar-refractivity contribution in [2.24, 2.45) is 5.92 Å². The van der Waals surface area contributed by atoms with Crippen molar-refractivity contribution in [3.63, 3.8) is 0 Å². The monoisotopic (exact) mass is 319 g/mol. The number of piperidine rings is 1. The molecule has 1 fully saturated rings. The Morgan fingerprint density at radius 3 is 2.57 bits per heavy atom. The van der Waals surface area contributed by atoms with Gasteiger partial charge in [-0.3, -0.25) is 9.59 Å². The number of aliphatic carboxylic acids is 1. The Labute approximate surface area is 137 Å². The Hall–Kier alpha value is -2.04. The number of methoxy groups -OCH3 is 1. The summed E-state index contributed by atoms with van der Waals surface area (Å²) < 4.78 is 5.14. The van der Waals surface area contributed by atoms with E-state index in [0.29, 0.717) is 19.4 Å². The van der Waals surface area contributed by atoms with E-state index in [0.717, 1.165) is 17.7 Å². The summed E-state index contributed by atoms with van der Waals surface area (Å²) in [6, 6.07) is 7.48. The number of carbonyl (C=O) groups excluding carboxylic acids is 1. The first kappa shape index (κ1) is 17.3. The zero-order valence-corrected chi connectivity index (χ0v) is 14.0. The molecule has 0 aromatic heterocycles. The van der Waals surface area contributed by atoms with Crippen LogP contribution in [-0.2, 0) is 9.59 Å². The lowest BCUT2D eigenvalue weighted by atomic mass is 9.89. The lowest BCUT2D eigenvalue weighted by Gasteiger charge is -2.38. The standard InChI is InChI=1S/C18H25NO4/c1-12(14-6-8-15(23-3)9-7-14)11-17(20)19-10-4-5-16(13(19)2)18(21)22/h6-9,12-13,16H,4-5,10-11H2,1-3H3,(H,21,22)/t12?,13-,16-/m0/s1. The van der Waals surface area contributed by atoms with Gasteiger partial charge < -0.3 is 14.7 Å². The van der Waals surface area contributed by atoms with Gasteiger partial charge in [-0.15, -0.1) is 0 Å². The number of carboxylic acid groups (broad SMARTS) is 1. The number of carbonyl (C=O) groups is 2. The van der Waals surface area contributed by atoms with Crippen LogP contribution in [0, 0.1) is 5.92 Å². The summed E-state index contributed by atoms with van der Waals surface area (Å²) in [4.78, 5) is 25.6. The Balaban J connectivity index is 2.00. The Bertz CT molecular complexity index is 555. The number of amides is 1. The second kappa shape index (κ2) is 7.49. The molecule has 1 N–H and O–H groups in total. The zero-order valence-electron chi connectivity index (χ0n) is 14.0. The third-order valence-corrected chi connectivity index (χ3v) is 4.79. The molecule has 126 valence electrons. The summed E-state index contributed by atoms with van der Waals surface area (Å²) >= 11 is 0. The fourth-order valence-corrected chi connectivity index (χ4v) is 3.25. The van der Waals surface area contributed by atoms with Gasteiger partial charge in [0.05, 0.1) is 13.0 Å². The number of likely N-dealkylation sites (tertiary alicyclic amines) is 1. The number of hydrogen-bond donors (Lipinski definition) is 1. The first-order valence-electron chi connectivity index (χ1n) is 8.10. The van der Waals surface area contributed by atoms with E-state index in [1.54, 1.807) is 12.0 Å². The fourth-order valence-electron chi connectivity index (χ4n) is 3.25. The average molecular weight is 319 g/mol. The predicted molar refractivity (Wildman–Crippen MR) is 87.6 cm³/mol. The molecule has 5 nitrogen and oxygen atoms in total. The summed E-state index contributed by atoms with van der Waals surface area (Å²) in [6.07, 6.45) is 1.79. The van der Waals surface area contributed by atoms with E-state index in [2.05, 4.69) is 0 Å². The second-order valence-electron chi connectivity index (χ2n) is 6.29. The summed E-state index contributed by atoms with van der Waals surface area (Å²) in [7, 11) is 1.62. The van der Waals surface area contributed by atoms with Crippen molar-refractivity contribution in [1.29, 1.82) is 0 Å². The van der Waals surface area contributed by atoms with Gasteiger partial charge in [-0.25, -0.2) is 0 Å². The van der Waals surface area contributed by atoms with Gasteiger partial charge in [-0.1, -0.05) is 19.1 Å². The molecular weight excluding hydrogens is 294 g/mol. The van der Waals surface area contributed by atoms with Crippen molar-refractivity contribution in [1.82, 2.24) is 4.90 Å². The van der Waals surface area contributed by atoms with Gasteiger partial charge in [0.1, 0.15) is 5.75 Å². The maximum Gasteiger partial charge on any atom is 0.308 e. The molecule has 1 unspecified atom stereocenters. The quantitative estimate of drug-likeness (QED) is 0.906. The van der Waals surface area contributed by atoms with Gasteiger partial charge in [-0.05, 0) is 43.4 Å². The van der Waals surface area contributed by atoms with Crippen molar-refractivity contribution in [3.05, 3.63) is 29.8 Å². The predicted octanol–water partition coefficient (Wildman–Crippen LogP) is 2.90.